The van der Waals surface area contributed by atoms with Gasteiger partial charge in [-0.25, -0.2) is 4.79 Å². The number of fused-ring (bicyclic) bond motifs is 1. The number of thiophene rings is 1. The Balaban J connectivity index is 1.94. The summed E-state index contributed by atoms with van der Waals surface area (Å²) >= 11 is 1.50. The molecule has 0 spiro atoms. The van der Waals surface area contributed by atoms with Gasteiger partial charge in [0, 0.05) is 10.4 Å². The van der Waals surface area contributed by atoms with Crippen LogP contribution in [0.5, 0.6) is 5.75 Å². The standard InChI is InChI=1S/C23H29NO4S/c1-6-28-22(26)19-17-11-10-15(23(2,3)4)13-18(17)29-21(19)24-20(25)14-8-7-9-16(12-14)27-5/h7-9,12,15H,6,10-11,13H2,1-5H3,(H,24,25). The highest BCUT2D eigenvalue weighted by Crippen LogP contribution is 2.44. The summed E-state index contributed by atoms with van der Waals surface area (Å²) in [4.78, 5) is 26.7. The normalized spacial score (nSPS) is 16.1. The van der Waals surface area contributed by atoms with Crippen LogP contribution in [-0.4, -0.2) is 25.6 Å². The van der Waals surface area contributed by atoms with E-state index in [-0.39, 0.29) is 17.3 Å². The fraction of sp³-hybridized carbons (Fsp3) is 0.478. The Morgan fingerprint density at radius 3 is 2.69 bits per heavy atom. The summed E-state index contributed by atoms with van der Waals surface area (Å²) in [5.41, 5.74) is 2.25. The second-order valence-corrected chi connectivity index (χ2v) is 9.53. The quantitative estimate of drug-likeness (QED) is 0.670. The summed E-state index contributed by atoms with van der Waals surface area (Å²) in [6.07, 6.45) is 2.78. The third-order valence-electron chi connectivity index (χ3n) is 5.53. The molecule has 1 aromatic carbocycles. The Hall–Kier alpha value is -2.34. The molecule has 2 aromatic rings. The van der Waals surface area contributed by atoms with Crippen LogP contribution in [0.25, 0.3) is 0 Å². The molecular formula is C23H29NO4S. The van der Waals surface area contributed by atoms with Gasteiger partial charge in [-0.15, -0.1) is 11.3 Å². The molecule has 1 atom stereocenters. The Bertz CT molecular complexity index is 910. The van der Waals surface area contributed by atoms with Crippen LogP contribution < -0.4 is 10.1 Å². The lowest BCUT2D eigenvalue weighted by molar-refractivity contribution is 0.0526. The minimum atomic E-state index is -0.361. The molecule has 1 amide bonds. The van der Waals surface area contributed by atoms with Gasteiger partial charge in [0.05, 0.1) is 19.3 Å². The molecule has 5 nitrogen and oxygen atoms in total. The van der Waals surface area contributed by atoms with Gasteiger partial charge >= 0.3 is 5.97 Å². The summed E-state index contributed by atoms with van der Waals surface area (Å²) in [5.74, 6) is 0.535. The maximum Gasteiger partial charge on any atom is 0.341 e. The second-order valence-electron chi connectivity index (χ2n) is 8.42. The van der Waals surface area contributed by atoms with Crippen molar-refractivity contribution in [3.05, 3.63) is 45.8 Å². The van der Waals surface area contributed by atoms with Crippen molar-refractivity contribution >= 4 is 28.2 Å². The highest BCUT2D eigenvalue weighted by atomic mass is 32.1. The van der Waals surface area contributed by atoms with Gasteiger partial charge in [0.2, 0.25) is 0 Å². The smallest absolute Gasteiger partial charge is 0.341 e. The van der Waals surface area contributed by atoms with E-state index in [9.17, 15) is 9.59 Å². The topological polar surface area (TPSA) is 64.6 Å². The van der Waals surface area contributed by atoms with Crippen molar-refractivity contribution < 1.29 is 19.1 Å². The van der Waals surface area contributed by atoms with Crippen molar-refractivity contribution in [2.45, 2.75) is 47.0 Å². The average molecular weight is 416 g/mol. The van der Waals surface area contributed by atoms with Gasteiger partial charge in [0.1, 0.15) is 10.8 Å². The molecule has 6 heteroatoms. The highest BCUT2D eigenvalue weighted by Gasteiger charge is 2.34. The van der Waals surface area contributed by atoms with E-state index in [1.54, 1.807) is 38.3 Å². The number of ether oxygens (including phenoxy) is 2. The molecule has 1 unspecified atom stereocenters. The summed E-state index contributed by atoms with van der Waals surface area (Å²) < 4.78 is 10.5. The van der Waals surface area contributed by atoms with Gasteiger partial charge in [0.25, 0.3) is 5.91 Å². The number of esters is 1. The Morgan fingerprint density at radius 1 is 1.28 bits per heavy atom. The van der Waals surface area contributed by atoms with Crippen molar-refractivity contribution in [2.24, 2.45) is 11.3 Å². The molecule has 0 saturated carbocycles. The summed E-state index contributed by atoms with van der Waals surface area (Å²) in [5, 5.41) is 3.53. The van der Waals surface area contributed by atoms with E-state index < -0.39 is 0 Å². The van der Waals surface area contributed by atoms with E-state index in [1.807, 2.05) is 0 Å². The van der Waals surface area contributed by atoms with E-state index >= 15 is 0 Å². The number of hydrogen-bond donors (Lipinski definition) is 1. The number of anilines is 1. The van der Waals surface area contributed by atoms with Crippen LogP contribution in [-0.2, 0) is 17.6 Å². The Kier molecular flexibility index (Phi) is 6.32. The first-order valence-electron chi connectivity index (χ1n) is 10.0. The summed E-state index contributed by atoms with van der Waals surface area (Å²) in [6, 6.07) is 6.97. The van der Waals surface area contributed by atoms with E-state index in [2.05, 4.69) is 26.1 Å². The molecule has 29 heavy (non-hydrogen) atoms. The molecule has 1 aromatic heterocycles. The van der Waals surface area contributed by atoms with Gasteiger partial charge in [0.15, 0.2) is 0 Å². The van der Waals surface area contributed by atoms with Gasteiger partial charge in [-0.2, -0.15) is 0 Å². The molecule has 1 N–H and O–H groups in total. The minimum Gasteiger partial charge on any atom is -0.497 e. The molecule has 0 fully saturated rings. The van der Waals surface area contributed by atoms with Crippen molar-refractivity contribution in [1.29, 1.82) is 0 Å². The van der Waals surface area contributed by atoms with Crippen LogP contribution >= 0.6 is 11.3 Å². The van der Waals surface area contributed by atoms with Crippen LogP contribution in [0, 0.1) is 11.3 Å². The fourth-order valence-corrected chi connectivity index (χ4v) is 5.08. The monoisotopic (exact) mass is 415 g/mol. The van der Waals surface area contributed by atoms with Crippen LogP contribution in [0.4, 0.5) is 5.00 Å². The third-order valence-corrected chi connectivity index (χ3v) is 6.70. The molecule has 1 aliphatic carbocycles. The van der Waals surface area contributed by atoms with Crippen molar-refractivity contribution in [2.75, 3.05) is 19.0 Å². The van der Waals surface area contributed by atoms with Gasteiger partial charge in [-0.1, -0.05) is 26.8 Å². The van der Waals surface area contributed by atoms with Crippen LogP contribution in [0.2, 0.25) is 0 Å². The number of nitrogens with one attached hydrogen (secondary N) is 1. The number of amides is 1. The predicted molar refractivity (Wildman–Crippen MR) is 116 cm³/mol. The number of benzene rings is 1. The Labute approximate surface area is 176 Å². The molecule has 156 valence electrons. The van der Waals surface area contributed by atoms with Gasteiger partial charge < -0.3 is 14.8 Å². The molecule has 1 heterocycles. The molecule has 0 aliphatic heterocycles. The Morgan fingerprint density at radius 2 is 2.03 bits per heavy atom. The average Bonchev–Trinajstić information content (AvgIpc) is 3.04. The highest BCUT2D eigenvalue weighted by molar-refractivity contribution is 7.17. The van der Waals surface area contributed by atoms with Crippen molar-refractivity contribution in [3.8, 4) is 5.75 Å². The summed E-state index contributed by atoms with van der Waals surface area (Å²) in [7, 11) is 1.56. The number of carbonyl (C=O) groups is 2. The van der Waals surface area contributed by atoms with Crippen LogP contribution in [0.15, 0.2) is 24.3 Å². The van der Waals surface area contributed by atoms with Crippen LogP contribution in [0.1, 0.15) is 65.3 Å². The van der Waals surface area contributed by atoms with Crippen LogP contribution in [0.3, 0.4) is 0 Å². The number of hydrogen-bond acceptors (Lipinski definition) is 5. The minimum absolute atomic E-state index is 0.204. The summed E-state index contributed by atoms with van der Waals surface area (Å²) in [6.45, 7) is 8.87. The molecule has 0 saturated heterocycles. The fourth-order valence-electron chi connectivity index (χ4n) is 3.77. The molecule has 0 bridgehead atoms. The molecule has 3 rings (SSSR count). The first-order chi connectivity index (χ1) is 13.7. The zero-order chi connectivity index (χ0) is 21.2. The molecule has 1 aliphatic rings. The van der Waals surface area contributed by atoms with E-state index in [0.29, 0.717) is 34.4 Å². The van der Waals surface area contributed by atoms with E-state index in [1.165, 1.54) is 16.2 Å². The van der Waals surface area contributed by atoms with Crippen molar-refractivity contribution in [3.63, 3.8) is 0 Å². The maximum atomic E-state index is 12.8. The number of carbonyl (C=O) groups excluding carboxylic acids is 2. The lowest BCUT2D eigenvalue weighted by atomic mass is 9.72. The molecular weight excluding hydrogens is 386 g/mol. The number of rotatable bonds is 5. The zero-order valence-electron chi connectivity index (χ0n) is 17.8. The van der Waals surface area contributed by atoms with E-state index in [0.717, 1.165) is 24.8 Å². The lowest BCUT2D eigenvalue weighted by Crippen LogP contribution is -2.26. The zero-order valence-corrected chi connectivity index (χ0v) is 18.6. The van der Waals surface area contributed by atoms with E-state index in [4.69, 9.17) is 9.47 Å². The van der Waals surface area contributed by atoms with Crippen molar-refractivity contribution in [1.82, 2.24) is 0 Å². The molecule has 0 radical (unpaired) electrons. The lowest BCUT2D eigenvalue weighted by Gasteiger charge is -2.33. The third kappa shape index (κ3) is 4.64. The SMILES string of the molecule is CCOC(=O)c1c(NC(=O)c2cccc(OC)c2)sc2c1CCC(C(C)(C)C)C2. The number of methoxy groups -OCH3 is 1. The van der Waals surface area contributed by atoms with Gasteiger partial charge in [-0.3, -0.25) is 4.79 Å². The second kappa shape index (κ2) is 8.57. The first kappa shape index (κ1) is 21.4. The van der Waals surface area contributed by atoms with Gasteiger partial charge in [-0.05, 0) is 61.3 Å². The maximum absolute atomic E-state index is 12.8. The first-order valence-corrected chi connectivity index (χ1v) is 10.8. The predicted octanol–water partition coefficient (Wildman–Crippen LogP) is 5.34. The largest absolute Gasteiger partial charge is 0.497 e.